The largest absolute Gasteiger partial charge is 0.497 e. The SMILES string of the molecule is COc1ccc(N2NC(c3cccc([N+](=O)[O-])c3)C(O)(O)C2=O)cc1. The second kappa shape index (κ2) is 6.13. The molecule has 0 bridgehead atoms. The summed E-state index contributed by atoms with van der Waals surface area (Å²) in [7, 11) is 1.50. The van der Waals surface area contributed by atoms with Crippen molar-refractivity contribution in [3.05, 3.63) is 64.2 Å². The first-order valence-electron chi connectivity index (χ1n) is 7.28. The highest BCUT2D eigenvalue weighted by Crippen LogP contribution is 2.35. The summed E-state index contributed by atoms with van der Waals surface area (Å²) in [5.74, 6) is -3.17. The van der Waals surface area contributed by atoms with Gasteiger partial charge in [0.1, 0.15) is 11.8 Å². The fraction of sp³-hybridized carbons (Fsp3) is 0.188. The van der Waals surface area contributed by atoms with Gasteiger partial charge < -0.3 is 14.9 Å². The molecule has 9 nitrogen and oxygen atoms in total. The zero-order chi connectivity index (χ0) is 18.2. The maximum atomic E-state index is 12.4. The van der Waals surface area contributed by atoms with Crippen LogP contribution in [0.4, 0.5) is 11.4 Å². The highest BCUT2D eigenvalue weighted by molar-refractivity contribution is 6.00. The highest BCUT2D eigenvalue weighted by atomic mass is 16.6. The second-order valence-corrected chi connectivity index (χ2v) is 5.48. The van der Waals surface area contributed by atoms with Crippen LogP contribution in [0.15, 0.2) is 48.5 Å². The Bertz CT molecular complexity index is 821. The number of amides is 1. The summed E-state index contributed by atoms with van der Waals surface area (Å²) in [6, 6.07) is 10.4. The van der Waals surface area contributed by atoms with Crippen molar-refractivity contribution >= 4 is 17.3 Å². The number of benzene rings is 2. The van der Waals surface area contributed by atoms with Crippen LogP contribution >= 0.6 is 0 Å². The number of hydrazine groups is 1. The van der Waals surface area contributed by atoms with Crippen LogP contribution in [-0.2, 0) is 4.79 Å². The molecule has 0 aromatic heterocycles. The fourth-order valence-corrected chi connectivity index (χ4v) is 2.61. The number of hydrogen-bond acceptors (Lipinski definition) is 7. The van der Waals surface area contributed by atoms with Gasteiger partial charge in [0.05, 0.1) is 17.7 Å². The van der Waals surface area contributed by atoms with Gasteiger partial charge in [-0.1, -0.05) is 12.1 Å². The molecule has 1 fully saturated rings. The summed E-state index contributed by atoms with van der Waals surface area (Å²) < 4.78 is 5.04. The fourth-order valence-electron chi connectivity index (χ4n) is 2.61. The normalized spacial score (nSPS) is 19.1. The minimum atomic E-state index is -2.75. The van der Waals surface area contributed by atoms with Gasteiger partial charge in [-0.25, -0.2) is 10.4 Å². The molecule has 0 saturated carbocycles. The molecule has 2 aromatic carbocycles. The number of aliphatic hydroxyl groups is 2. The molecule has 3 rings (SSSR count). The number of carbonyl (C=O) groups excluding carboxylic acids is 1. The van der Waals surface area contributed by atoms with Crippen LogP contribution in [0, 0.1) is 10.1 Å². The molecule has 1 aliphatic rings. The second-order valence-electron chi connectivity index (χ2n) is 5.48. The Labute approximate surface area is 142 Å². The van der Waals surface area contributed by atoms with Gasteiger partial charge in [0.2, 0.25) is 0 Å². The molecule has 2 aromatic rings. The van der Waals surface area contributed by atoms with Gasteiger partial charge in [-0.05, 0) is 29.8 Å². The van der Waals surface area contributed by atoms with E-state index < -0.39 is 22.7 Å². The summed E-state index contributed by atoms with van der Waals surface area (Å²) in [6.07, 6.45) is 0. The van der Waals surface area contributed by atoms with E-state index >= 15 is 0 Å². The molecule has 1 unspecified atom stereocenters. The lowest BCUT2D eigenvalue weighted by Gasteiger charge is -2.19. The Kier molecular flexibility index (Phi) is 4.13. The lowest BCUT2D eigenvalue weighted by Crippen LogP contribution is -2.42. The molecule has 130 valence electrons. The van der Waals surface area contributed by atoms with Crippen LogP contribution in [0.3, 0.4) is 0 Å². The van der Waals surface area contributed by atoms with E-state index in [0.29, 0.717) is 11.4 Å². The number of ether oxygens (including phenoxy) is 1. The maximum absolute atomic E-state index is 12.4. The highest BCUT2D eigenvalue weighted by Gasteiger charge is 2.53. The number of nitro benzene ring substituents is 1. The molecular weight excluding hydrogens is 330 g/mol. The molecule has 0 radical (unpaired) electrons. The van der Waals surface area contributed by atoms with E-state index in [1.807, 2.05) is 0 Å². The van der Waals surface area contributed by atoms with Crippen LogP contribution in [0.25, 0.3) is 0 Å². The lowest BCUT2D eigenvalue weighted by atomic mass is 9.99. The third-order valence-electron chi connectivity index (χ3n) is 3.92. The number of anilines is 1. The number of non-ortho nitro benzene ring substituents is 1. The Hall–Kier alpha value is -3.01. The van der Waals surface area contributed by atoms with E-state index in [9.17, 15) is 25.1 Å². The molecule has 0 aliphatic carbocycles. The van der Waals surface area contributed by atoms with Crippen LogP contribution in [0.2, 0.25) is 0 Å². The summed E-state index contributed by atoms with van der Waals surface area (Å²) in [6.45, 7) is 0. The number of hydrogen-bond donors (Lipinski definition) is 3. The van der Waals surface area contributed by atoms with Crippen molar-refractivity contribution in [2.24, 2.45) is 0 Å². The summed E-state index contributed by atoms with van der Waals surface area (Å²) in [5.41, 5.74) is 3.03. The smallest absolute Gasteiger partial charge is 0.303 e. The lowest BCUT2D eigenvalue weighted by molar-refractivity contribution is -0.385. The quantitative estimate of drug-likeness (QED) is 0.426. The molecule has 9 heteroatoms. The summed E-state index contributed by atoms with van der Waals surface area (Å²) >= 11 is 0. The van der Waals surface area contributed by atoms with E-state index in [0.717, 1.165) is 5.01 Å². The molecule has 3 N–H and O–H groups in total. The first-order chi connectivity index (χ1) is 11.8. The number of nitrogens with zero attached hydrogens (tertiary/aromatic N) is 2. The molecule has 1 heterocycles. The molecular formula is C16H15N3O6. The molecule has 1 atom stereocenters. The predicted molar refractivity (Wildman–Crippen MR) is 86.6 cm³/mol. The van der Waals surface area contributed by atoms with Crippen molar-refractivity contribution in [1.29, 1.82) is 0 Å². The van der Waals surface area contributed by atoms with Crippen molar-refractivity contribution in [1.82, 2.24) is 5.43 Å². The molecule has 1 amide bonds. The van der Waals surface area contributed by atoms with Gasteiger partial charge in [0, 0.05) is 12.1 Å². The van der Waals surface area contributed by atoms with Gasteiger partial charge in [0.15, 0.2) is 0 Å². The summed E-state index contributed by atoms with van der Waals surface area (Å²) in [5, 5.41) is 32.4. The summed E-state index contributed by atoms with van der Waals surface area (Å²) in [4.78, 5) is 22.7. The third-order valence-corrected chi connectivity index (χ3v) is 3.92. The van der Waals surface area contributed by atoms with Crippen molar-refractivity contribution < 1.29 is 24.7 Å². The standard InChI is InChI=1S/C16H15N3O6/c1-25-13-7-5-11(6-8-13)18-15(20)16(21,22)14(17-18)10-3-2-4-12(9-10)19(23)24/h2-9,14,17,21-22H,1H3. The zero-order valence-corrected chi connectivity index (χ0v) is 13.1. The Morgan fingerprint density at radius 1 is 1.24 bits per heavy atom. The van der Waals surface area contributed by atoms with Gasteiger partial charge >= 0.3 is 5.91 Å². The first-order valence-corrected chi connectivity index (χ1v) is 7.28. The third kappa shape index (κ3) is 2.91. The van der Waals surface area contributed by atoms with Crippen molar-refractivity contribution in [2.45, 2.75) is 11.8 Å². The van der Waals surface area contributed by atoms with Gasteiger partial charge in [0.25, 0.3) is 11.5 Å². The molecule has 1 saturated heterocycles. The van der Waals surface area contributed by atoms with Crippen LogP contribution in [-0.4, -0.2) is 33.9 Å². The average Bonchev–Trinajstić information content (AvgIpc) is 2.85. The Morgan fingerprint density at radius 2 is 1.92 bits per heavy atom. The maximum Gasteiger partial charge on any atom is 0.303 e. The van der Waals surface area contributed by atoms with Crippen LogP contribution < -0.4 is 15.2 Å². The van der Waals surface area contributed by atoms with Gasteiger partial charge in [-0.3, -0.25) is 14.9 Å². The number of carbonyl (C=O) groups is 1. The molecule has 25 heavy (non-hydrogen) atoms. The topological polar surface area (TPSA) is 125 Å². The van der Waals surface area contributed by atoms with Gasteiger partial charge in [-0.2, -0.15) is 0 Å². The average molecular weight is 345 g/mol. The van der Waals surface area contributed by atoms with E-state index in [1.165, 1.54) is 31.4 Å². The minimum absolute atomic E-state index is 0.198. The van der Waals surface area contributed by atoms with E-state index in [1.54, 1.807) is 24.3 Å². The first kappa shape index (κ1) is 16.8. The van der Waals surface area contributed by atoms with Crippen molar-refractivity contribution in [2.75, 3.05) is 12.1 Å². The van der Waals surface area contributed by atoms with Crippen LogP contribution in [0.1, 0.15) is 11.6 Å². The minimum Gasteiger partial charge on any atom is -0.497 e. The van der Waals surface area contributed by atoms with E-state index in [-0.39, 0.29) is 11.3 Å². The van der Waals surface area contributed by atoms with Gasteiger partial charge in [-0.15, -0.1) is 0 Å². The number of methoxy groups -OCH3 is 1. The Balaban J connectivity index is 1.95. The number of nitrogens with one attached hydrogen (secondary N) is 1. The number of nitro groups is 1. The Morgan fingerprint density at radius 3 is 2.52 bits per heavy atom. The van der Waals surface area contributed by atoms with Crippen molar-refractivity contribution in [3.63, 3.8) is 0 Å². The van der Waals surface area contributed by atoms with E-state index in [2.05, 4.69) is 5.43 Å². The zero-order valence-electron chi connectivity index (χ0n) is 13.1. The molecule has 0 spiro atoms. The van der Waals surface area contributed by atoms with E-state index in [4.69, 9.17) is 4.74 Å². The predicted octanol–water partition coefficient (Wildman–Crippen LogP) is 0.877. The van der Waals surface area contributed by atoms with Crippen molar-refractivity contribution in [3.8, 4) is 5.75 Å². The van der Waals surface area contributed by atoms with Crippen LogP contribution in [0.5, 0.6) is 5.75 Å². The monoisotopic (exact) mass is 345 g/mol. The molecule has 1 aliphatic heterocycles. The number of rotatable bonds is 4.